The van der Waals surface area contributed by atoms with Gasteiger partial charge in [0, 0.05) is 23.3 Å². The maximum atomic E-state index is 11.8. The van der Waals surface area contributed by atoms with Crippen molar-refractivity contribution in [2.75, 3.05) is 6.54 Å². The van der Waals surface area contributed by atoms with Crippen LogP contribution in [0.15, 0.2) is 33.7 Å². The lowest BCUT2D eigenvalue weighted by Crippen LogP contribution is -2.24. The predicted molar refractivity (Wildman–Crippen MR) is 68.5 cm³/mol. The van der Waals surface area contributed by atoms with Crippen molar-refractivity contribution in [3.63, 3.8) is 0 Å². The van der Waals surface area contributed by atoms with Crippen LogP contribution in [0, 0.1) is 0 Å². The van der Waals surface area contributed by atoms with E-state index in [2.05, 4.69) is 26.2 Å². The second kappa shape index (κ2) is 5.28. The van der Waals surface area contributed by atoms with E-state index in [9.17, 15) is 9.59 Å². The summed E-state index contributed by atoms with van der Waals surface area (Å²) in [5.74, 6) is -0.948. The number of hydrogen-bond donors (Lipinski definition) is 2. The molecule has 0 aromatic carbocycles. The molecule has 7 heteroatoms. The van der Waals surface area contributed by atoms with Gasteiger partial charge in [-0.2, -0.15) is 0 Å². The van der Waals surface area contributed by atoms with Gasteiger partial charge in [-0.3, -0.25) is 14.0 Å². The van der Waals surface area contributed by atoms with Crippen LogP contribution in [0.25, 0.3) is 5.65 Å². The van der Waals surface area contributed by atoms with E-state index in [1.54, 1.807) is 18.3 Å². The van der Waals surface area contributed by atoms with E-state index in [-0.39, 0.29) is 18.6 Å². The number of nitrogens with one attached hydrogen (secondary N) is 1. The molecular weight excluding hydrogens is 302 g/mol. The summed E-state index contributed by atoms with van der Waals surface area (Å²) in [4.78, 5) is 26.4. The molecule has 18 heavy (non-hydrogen) atoms. The van der Waals surface area contributed by atoms with Gasteiger partial charge in [0.15, 0.2) is 0 Å². The van der Waals surface area contributed by atoms with Crippen LogP contribution in [0.2, 0.25) is 0 Å². The average molecular weight is 312 g/mol. The van der Waals surface area contributed by atoms with Gasteiger partial charge in [-0.1, -0.05) is 0 Å². The van der Waals surface area contributed by atoms with E-state index in [0.717, 1.165) is 4.47 Å². The van der Waals surface area contributed by atoms with Crippen LogP contribution in [-0.4, -0.2) is 27.0 Å². The Morgan fingerprint density at radius 2 is 2.28 bits per heavy atom. The predicted octanol–water partition coefficient (Wildman–Crippen LogP) is 0.631. The van der Waals surface area contributed by atoms with Gasteiger partial charge in [0.1, 0.15) is 5.65 Å². The minimum atomic E-state index is -0.948. The van der Waals surface area contributed by atoms with E-state index < -0.39 is 5.97 Å². The number of carbonyl (C=O) groups is 1. The van der Waals surface area contributed by atoms with E-state index in [1.807, 2.05) is 0 Å². The molecule has 0 fully saturated rings. The summed E-state index contributed by atoms with van der Waals surface area (Å²) in [5, 5.41) is 11.2. The van der Waals surface area contributed by atoms with Crippen molar-refractivity contribution >= 4 is 27.5 Å². The number of pyridine rings is 1. The Balaban J connectivity index is 2.29. The Hall–Kier alpha value is -1.73. The highest BCUT2D eigenvalue weighted by Crippen LogP contribution is 2.09. The van der Waals surface area contributed by atoms with Gasteiger partial charge in [-0.05, 0) is 28.1 Å². The average Bonchev–Trinajstić information content (AvgIpc) is 2.30. The maximum absolute atomic E-state index is 11.8. The van der Waals surface area contributed by atoms with Gasteiger partial charge < -0.3 is 10.4 Å². The molecule has 0 aliphatic rings. The summed E-state index contributed by atoms with van der Waals surface area (Å²) in [5.41, 5.74) is 0.842. The lowest BCUT2D eigenvalue weighted by atomic mass is 10.3. The molecule has 94 valence electrons. The van der Waals surface area contributed by atoms with Crippen LogP contribution in [0.4, 0.5) is 0 Å². The molecule has 2 N–H and O–H groups in total. The first-order valence-corrected chi connectivity index (χ1v) is 5.96. The summed E-state index contributed by atoms with van der Waals surface area (Å²) < 4.78 is 2.21. The Bertz CT molecular complexity index is 654. The Morgan fingerprint density at radius 1 is 1.50 bits per heavy atom. The van der Waals surface area contributed by atoms with E-state index in [4.69, 9.17) is 5.11 Å². The molecule has 0 radical (unpaired) electrons. The number of aliphatic carboxylic acids is 1. The zero-order chi connectivity index (χ0) is 13.1. The van der Waals surface area contributed by atoms with Crippen molar-refractivity contribution in [2.24, 2.45) is 0 Å². The second-order valence-electron chi connectivity index (χ2n) is 3.66. The summed E-state index contributed by atoms with van der Waals surface area (Å²) in [6.07, 6.45) is 1.64. The largest absolute Gasteiger partial charge is 0.480 e. The van der Waals surface area contributed by atoms with Crippen molar-refractivity contribution < 1.29 is 9.90 Å². The number of rotatable bonds is 4. The van der Waals surface area contributed by atoms with Gasteiger partial charge in [0.05, 0.1) is 12.2 Å². The Kier molecular flexibility index (Phi) is 3.73. The first kappa shape index (κ1) is 12.7. The minimum Gasteiger partial charge on any atom is -0.480 e. The first-order chi connectivity index (χ1) is 8.56. The molecule has 0 aliphatic carbocycles. The first-order valence-electron chi connectivity index (χ1n) is 5.16. The van der Waals surface area contributed by atoms with Gasteiger partial charge in [0.2, 0.25) is 0 Å². The van der Waals surface area contributed by atoms with E-state index >= 15 is 0 Å². The second-order valence-corrected chi connectivity index (χ2v) is 4.57. The normalized spacial score (nSPS) is 10.7. The third-order valence-corrected chi connectivity index (χ3v) is 2.73. The lowest BCUT2D eigenvalue weighted by molar-refractivity contribution is -0.135. The summed E-state index contributed by atoms with van der Waals surface area (Å²) >= 11 is 3.28. The topological polar surface area (TPSA) is 83.7 Å². The van der Waals surface area contributed by atoms with Gasteiger partial charge in [0.25, 0.3) is 5.56 Å². The zero-order valence-corrected chi connectivity index (χ0v) is 10.8. The van der Waals surface area contributed by atoms with Gasteiger partial charge in [-0.25, -0.2) is 4.98 Å². The molecular formula is C11H10BrN3O3. The Labute approximate surface area is 110 Å². The molecule has 0 atom stereocenters. The van der Waals surface area contributed by atoms with Crippen molar-refractivity contribution in [3.05, 3.63) is 44.9 Å². The molecule has 0 saturated heterocycles. The number of carboxylic acid groups (broad SMARTS) is 1. The minimum absolute atomic E-state index is 0.165. The summed E-state index contributed by atoms with van der Waals surface area (Å²) in [6.45, 7) is 0.0789. The highest BCUT2D eigenvalue weighted by molar-refractivity contribution is 9.10. The van der Waals surface area contributed by atoms with Crippen LogP contribution in [-0.2, 0) is 11.3 Å². The fraction of sp³-hybridized carbons (Fsp3) is 0.182. The number of fused-ring (bicyclic) bond motifs is 1. The smallest absolute Gasteiger partial charge is 0.317 e. The number of aromatic nitrogens is 2. The number of halogens is 1. The number of hydrogen-bond acceptors (Lipinski definition) is 4. The van der Waals surface area contributed by atoms with Crippen molar-refractivity contribution in [1.29, 1.82) is 0 Å². The van der Waals surface area contributed by atoms with Gasteiger partial charge >= 0.3 is 5.97 Å². The van der Waals surface area contributed by atoms with Gasteiger partial charge in [-0.15, -0.1) is 0 Å². The molecule has 2 aromatic heterocycles. The van der Waals surface area contributed by atoms with Crippen molar-refractivity contribution in [1.82, 2.24) is 14.7 Å². The van der Waals surface area contributed by atoms with Crippen molar-refractivity contribution in [2.45, 2.75) is 6.54 Å². The molecule has 0 spiro atoms. The molecule has 2 aromatic rings. The molecule has 0 saturated carbocycles. The molecule has 2 heterocycles. The van der Waals surface area contributed by atoms with Crippen LogP contribution in [0.1, 0.15) is 5.69 Å². The zero-order valence-electron chi connectivity index (χ0n) is 9.26. The van der Waals surface area contributed by atoms with Crippen LogP contribution in [0.3, 0.4) is 0 Å². The molecule has 0 unspecified atom stereocenters. The molecule has 6 nitrogen and oxygen atoms in total. The van der Waals surface area contributed by atoms with Crippen LogP contribution in [0.5, 0.6) is 0 Å². The Morgan fingerprint density at radius 3 is 3.00 bits per heavy atom. The van der Waals surface area contributed by atoms with E-state index in [0.29, 0.717) is 11.3 Å². The monoisotopic (exact) mass is 311 g/mol. The SMILES string of the molecule is O=C(O)CNCc1cc(=O)n2cc(Br)ccc2n1. The van der Waals surface area contributed by atoms with Crippen LogP contribution < -0.4 is 10.9 Å². The van der Waals surface area contributed by atoms with Crippen LogP contribution >= 0.6 is 15.9 Å². The standard InChI is InChI=1S/C11H10BrN3O3/c12-7-1-2-9-14-8(4-13-5-11(17)18)3-10(16)15(9)6-7/h1-3,6,13H,4-5H2,(H,17,18). The fourth-order valence-electron chi connectivity index (χ4n) is 1.51. The highest BCUT2D eigenvalue weighted by Gasteiger charge is 2.03. The highest BCUT2D eigenvalue weighted by atomic mass is 79.9. The van der Waals surface area contributed by atoms with Crippen molar-refractivity contribution in [3.8, 4) is 0 Å². The molecule has 0 bridgehead atoms. The maximum Gasteiger partial charge on any atom is 0.317 e. The number of carboxylic acids is 1. The van der Waals surface area contributed by atoms with E-state index in [1.165, 1.54) is 10.5 Å². The number of nitrogens with zero attached hydrogens (tertiary/aromatic N) is 2. The lowest BCUT2D eigenvalue weighted by Gasteiger charge is -2.04. The fourth-order valence-corrected chi connectivity index (χ4v) is 1.85. The molecule has 0 amide bonds. The molecule has 0 aliphatic heterocycles. The third-order valence-electron chi connectivity index (χ3n) is 2.26. The summed E-state index contributed by atoms with van der Waals surface area (Å²) in [6, 6.07) is 4.89. The molecule has 2 rings (SSSR count). The quantitative estimate of drug-likeness (QED) is 0.865. The third kappa shape index (κ3) is 2.93. The summed E-state index contributed by atoms with van der Waals surface area (Å²) in [7, 11) is 0.